The average molecular weight is 288 g/mol. The number of amides is 1. The Hall–Kier alpha value is -1.35. The van der Waals surface area contributed by atoms with Crippen molar-refractivity contribution in [3.05, 3.63) is 35.4 Å². The standard InChI is InChI=1S/C18H28N2O/c1-14(2)19-10-12-20(13-11-19)17(21)15-6-8-16(9-7-15)18(3,4)5/h6-9,14H,10-13H2,1-5H3. The second kappa shape index (κ2) is 6.18. The molecule has 0 aliphatic carbocycles. The molecule has 1 fully saturated rings. The van der Waals surface area contributed by atoms with Gasteiger partial charge < -0.3 is 4.90 Å². The molecule has 1 heterocycles. The molecule has 3 nitrogen and oxygen atoms in total. The monoisotopic (exact) mass is 288 g/mol. The normalized spacial score (nSPS) is 17.3. The number of rotatable bonds is 2. The summed E-state index contributed by atoms with van der Waals surface area (Å²) in [6.07, 6.45) is 0. The van der Waals surface area contributed by atoms with Crippen LogP contribution in [0.4, 0.5) is 0 Å². The third-order valence-corrected chi connectivity index (χ3v) is 4.33. The van der Waals surface area contributed by atoms with Crippen LogP contribution in [-0.2, 0) is 5.41 Å². The predicted molar refractivity (Wildman–Crippen MR) is 87.8 cm³/mol. The zero-order valence-electron chi connectivity index (χ0n) is 14.0. The molecule has 3 heteroatoms. The maximum absolute atomic E-state index is 12.5. The Labute approximate surface area is 128 Å². The molecule has 1 saturated heterocycles. The molecule has 0 unspecified atom stereocenters. The van der Waals surface area contributed by atoms with Crippen LogP contribution in [0.2, 0.25) is 0 Å². The van der Waals surface area contributed by atoms with Gasteiger partial charge in [-0.3, -0.25) is 9.69 Å². The van der Waals surface area contributed by atoms with Crippen molar-refractivity contribution < 1.29 is 4.79 Å². The van der Waals surface area contributed by atoms with Crippen LogP contribution < -0.4 is 0 Å². The molecule has 1 aliphatic rings. The van der Waals surface area contributed by atoms with Crippen molar-refractivity contribution in [2.45, 2.75) is 46.1 Å². The van der Waals surface area contributed by atoms with Crippen LogP contribution >= 0.6 is 0 Å². The van der Waals surface area contributed by atoms with Crippen LogP contribution in [0.15, 0.2) is 24.3 Å². The van der Waals surface area contributed by atoms with E-state index >= 15 is 0 Å². The van der Waals surface area contributed by atoms with E-state index in [1.807, 2.05) is 17.0 Å². The topological polar surface area (TPSA) is 23.6 Å². The second-order valence-corrected chi connectivity index (χ2v) is 7.25. The zero-order chi connectivity index (χ0) is 15.6. The van der Waals surface area contributed by atoms with Crippen LogP contribution in [0.5, 0.6) is 0 Å². The summed E-state index contributed by atoms with van der Waals surface area (Å²) in [5.74, 6) is 0.166. The van der Waals surface area contributed by atoms with E-state index < -0.39 is 0 Å². The lowest BCUT2D eigenvalue weighted by Crippen LogP contribution is -2.50. The van der Waals surface area contributed by atoms with Crippen molar-refractivity contribution in [2.24, 2.45) is 0 Å². The minimum absolute atomic E-state index is 0.129. The average Bonchev–Trinajstić information content (AvgIpc) is 2.46. The Morgan fingerprint density at radius 2 is 1.52 bits per heavy atom. The molecule has 1 amide bonds. The van der Waals surface area contributed by atoms with Crippen LogP contribution in [0.1, 0.15) is 50.5 Å². The highest BCUT2D eigenvalue weighted by Gasteiger charge is 2.23. The fraction of sp³-hybridized carbons (Fsp3) is 0.611. The molecule has 0 atom stereocenters. The quantitative estimate of drug-likeness (QED) is 0.834. The lowest BCUT2D eigenvalue weighted by Gasteiger charge is -2.37. The van der Waals surface area contributed by atoms with Gasteiger partial charge in [-0.05, 0) is 37.0 Å². The highest BCUT2D eigenvalue weighted by molar-refractivity contribution is 5.94. The van der Waals surface area contributed by atoms with E-state index in [9.17, 15) is 4.79 Å². The molecule has 21 heavy (non-hydrogen) atoms. The summed E-state index contributed by atoms with van der Waals surface area (Å²) >= 11 is 0. The molecule has 0 saturated carbocycles. The number of benzene rings is 1. The molecular formula is C18H28N2O. The summed E-state index contributed by atoms with van der Waals surface area (Å²) in [5, 5.41) is 0. The summed E-state index contributed by atoms with van der Waals surface area (Å²) in [6, 6.07) is 8.67. The van der Waals surface area contributed by atoms with E-state index in [0.717, 1.165) is 31.7 Å². The van der Waals surface area contributed by atoms with Crippen molar-refractivity contribution in [1.29, 1.82) is 0 Å². The third-order valence-electron chi connectivity index (χ3n) is 4.33. The van der Waals surface area contributed by atoms with Gasteiger partial charge >= 0.3 is 0 Å². The van der Waals surface area contributed by atoms with Crippen molar-refractivity contribution in [2.75, 3.05) is 26.2 Å². The highest BCUT2D eigenvalue weighted by atomic mass is 16.2. The highest BCUT2D eigenvalue weighted by Crippen LogP contribution is 2.22. The summed E-state index contributed by atoms with van der Waals surface area (Å²) in [4.78, 5) is 16.9. The Morgan fingerprint density at radius 3 is 1.95 bits per heavy atom. The first-order valence-corrected chi connectivity index (χ1v) is 7.93. The van der Waals surface area contributed by atoms with Gasteiger partial charge in [0, 0.05) is 37.8 Å². The molecule has 2 rings (SSSR count). The lowest BCUT2D eigenvalue weighted by molar-refractivity contribution is 0.0595. The zero-order valence-corrected chi connectivity index (χ0v) is 14.0. The van der Waals surface area contributed by atoms with Crippen molar-refractivity contribution in [3.8, 4) is 0 Å². The first-order valence-electron chi connectivity index (χ1n) is 7.93. The fourth-order valence-electron chi connectivity index (χ4n) is 2.74. The van der Waals surface area contributed by atoms with Gasteiger partial charge in [-0.25, -0.2) is 0 Å². The molecule has 116 valence electrons. The first-order chi connectivity index (χ1) is 9.79. The molecular weight excluding hydrogens is 260 g/mol. The first kappa shape index (κ1) is 16.0. The van der Waals surface area contributed by atoms with E-state index in [1.54, 1.807) is 0 Å². The van der Waals surface area contributed by atoms with E-state index in [-0.39, 0.29) is 11.3 Å². The van der Waals surface area contributed by atoms with Gasteiger partial charge in [0.25, 0.3) is 5.91 Å². The van der Waals surface area contributed by atoms with Gasteiger partial charge in [-0.1, -0.05) is 32.9 Å². The lowest BCUT2D eigenvalue weighted by atomic mass is 9.86. The van der Waals surface area contributed by atoms with Gasteiger partial charge in [0.2, 0.25) is 0 Å². The van der Waals surface area contributed by atoms with Crippen molar-refractivity contribution >= 4 is 5.91 Å². The number of nitrogens with zero attached hydrogens (tertiary/aromatic N) is 2. The Kier molecular flexibility index (Phi) is 4.72. The van der Waals surface area contributed by atoms with Crippen LogP contribution in [0.25, 0.3) is 0 Å². The van der Waals surface area contributed by atoms with Gasteiger partial charge in [0.05, 0.1) is 0 Å². The Bertz CT molecular complexity index is 477. The number of carbonyl (C=O) groups is 1. The predicted octanol–water partition coefficient (Wildman–Crippen LogP) is 3.15. The molecule has 1 aromatic rings. The number of hydrogen-bond acceptors (Lipinski definition) is 2. The molecule has 0 spiro atoms. The maximum Gasteiger partial charge on any atom is 0.253 e. The summed E-state index contributed by atoms with van der Waals surface area (Å²) < 4.78 is 0. The fourth-order valence-corrected chi connectivity index (χ4v) is 2.74. The molecule has 1 aromatic carbocycles. The van der Waals surface area contributed by atoms with E-state index in [4.69, 9.17) is 0 Å². The van der Waals surface area contributed by atoms with Crippen molar-refractivity contribution in [1.82, 2.24) is 9.80 Å². The summed E-state index contributed by atoms with van der Waals surface area (Å²) in [5.41, 5.74) is 2.20. The SMILES string of the molecule is CC(C)N1CCN(C(=O)c2ccc(C(C)(C)C)cc2)CC1. The summed E-state index contributed by atoms with van der Waals surface area (Å²) in [7, 11) is 0. The van der Waals surface area contributed by atoms with Crippen LogP contribution in [-0.4, -0.2) is 47.9 Å². The minimum atomic E-state index is 0.129. The molecule has 0 N–H and O–H groups in total. The van der Waals surface area contributed by atoms with Gasteiger partial charge in [0.15, 0.2) is 0 Å². The molecule has 0 radical (unpaired) electrons. The number of piperazine rings is 1. The van der Waals surface area contributed by atoms with Gasteiger partial charge in [-0.2, -0.15) is 0 Å². The minimum Gasteiger partial charge on any atom is -0.336 e. The van der Waals surface area contributed by atoms with E-state index in [2.05, 4.69) is 51.7 Å². The molecule has 0 bridgehead atoms. The van der Waals surface area contributed by atoms with Crippen LogP contribution in [0.3, 0.4) is 0 Å². The van der Waals surface area contributed by atoms with Gasteiger partial charge in [-0.15, -0.1) is 0 Å². The van der Waals surface area contributed by atoms with Crippen molar-refractivity contribution in [3.63, 3.8) is 0 Å². The smallest absolute Gasteiger partial charge is 0.253 e. The van der Waals surface area contributed by atoms with Gasteiger partial charge in [0.1, 0.15) is 0 Å². The maximum atomic E-state index is 12.5. The number of hydrogen-bond donors (Lipinski definition) is 0. The number of carbonyl (C=O) groups excluding carboxylic acids is 1. The molecule has 1 aliphatic heterocycles. The second-order valence-electron chi connectivity index (χ2n) is 7.25. The molecule has 0 aromatic heterocycles. The summed E-state index contributed by atoms with van der Waals surface area (Å²) in [6.45, 7) is 14.6. The Morgan fingerprint density at radius 1 is 1.00 bits per heavy atom. The van der Waals surface area contributed by atoms with E-state index in [1.165, 1.54) is 5.56 Å². The van der Waals surface area contributed by atoms with E-state index in [0.29, 0.717) is 6.04 Å². The van der Waals surface area contributed by atoms with Crippen LogP contribution in [0, 0.1) is 0 Å². The Balaban J connectivity index is 2.01. The largest absolute Gasteiger partial charge is 0.336 e. The third kappa shape index (κ3) is 3.85.